The molecular formula is C19H26N4O4. The maximum Gasteiger partial charge on any atom is 0.320 e. The predicted molar refractivity (Wildman–Crippen MR) is 102 cm³/mol. The van der Waals surface area contributed by atoms with Gasteiger partial charge in [0.2, 0.25) is 0 Å². The Hall–Kier alpha value is -2.74. The van der Waals surface area contributed by atoms with Crippen LogP contribution in [-0.4, -0.2) is 49.3 Å². The summed E-state index contributed by atoms with van der Waals surface area (Å²) in [6, 6.07) is 7.27. The molecule has 1 fully saturated rings. The van der Waals surface area contributed by atoms with Crippen molar-refractivity contribution in [2.24, 2.45) is 0 Å². The van der Waals surface area contributed by atoms with Crippen molar-refractivity contribution in [1.82, 2.24) is 15.1 Å². The highest BCUT2D eigenvalue weighted by atomic mass is 16.5. The van der Waals surface area contributed by atoms with Crippen LogP contribution in [0.25, 0.3) is 0 Å². The van der Waals surface area contributed by atoms with Crippen molar-refractivity contribution < 1.29 is 19.0 Å². The van der Waals surface area contributed by atoms with E-state index in [9.17, 15) is 4.79 Å². The Morgan fingerprint density at radius 2 is 2.11 bits per heavy atom. The molecule has 1 aliphatic heterocycles. The largest absolute Gasteiger partial charge is 0.493 e. The van der Waals surface area contributed by atoms with Crippen molar-refractivity contribution in [2.75, 3.05) is 32.7 Å². The molecule has 0 radical (unpaired) electrons. The zero-order chi connectivity index (χ0) is 19.2. The molecule has 1 saturated heterocycles. The van der Waals surface area contributed by atoms with Crippen molar-refractivity contribution >= 4 is 11.8 Å². The normalized spacial score (nSPS) is 16.2. The van der Waals surface area contributed by atoms with Gasteiger partial charge in [-0.3, -0.25) is 5.32 Å². The summed E-state index contributed by atoms with van der Waals surface area (Å²) in [6.45, 7) is 3.66. The molecule has 0 bridgehead atoms. The van der Waals surface area contributed by atoms with Crippen molar-refractivity contribution in [3.05, 3.63) is 35.5 Å². The third kappa shape index (κ3) is 4.91. The van der Waals surface area contributed by atoms with E-state index in [1.165, 1.54) is 0 Å². The number of carbonyl (C=O) groups is 1. The van der Waals surface area contributed by atoms with Crippen molar-refractivity contribution in [3.8, 4) is 11.5 Å². The van der Waals surface area contributed by atoms with Gasteiger partial charge in [0.1, 0.15) is 5.82 Å². The number of rotatable bonds is 7. The second-order valence-electron chi connectivity index (χ2n) is 6.49. The minimum absolute atomic E-state index is 0.106. The van der Waals surface area contributed by atoms with Crippen LogP contribution in [-0.2, 0) is 11.3 Å². The molecule has 146 valence electrons. The van der Waals surface area contributed by atoms with Crippen LogP contribution >= 0.6 is 0 Å². The average Bonchev–Trinajstić information content (AvgIpc) is 3.29. The highest BCUT2D eigenvalue weighted by molar-refractivity contribution is 5.88. The fourth-order valence-corrected chi connectivity index (χ4v) is 3.09. The number of anilines is 1. The van der Waals surface area contributed by atoms with E-state index in [0.717, 1.165) is 30.7 Å². The molecule has 0 saturated carbocycles. The van der Waals surface area contributed by atoms with Gasteiger partial charge in [0, 0.05) is 19.2 Å². The SMILES string of the molecule is COc1ccc(Cn2nc(C)cc2NC(=O)NC[C@@H]2CCCO2)cc1OC. The number of benzene rings is 1. The van der Waals surface area contributed by atoms with Gasteiger partial charge in [-0.05, 0) is 37.5 Å². The van der Waals surface area contributed by atoms with Crippen LogP contribution in [0.15, 0.2) is 24.3 Å². The molecular weight excluding hydrogens is 348 g/mol. The van der Waals surface area contributed by atoms with Crippen LogP contribution < -0.4 is 20.1 Å². The Bertz CT molecular complexity index is 784. The van der Waals surface area contributed by atoms with Gasteiger partial charge >= 0.3 is 6.03 Å². The lowest BCUT2D eigenvalue weighted by Crippen LogP contribution is -2.35. The lowest BCUT2D eigenvalue weighted by Gasteiger charge is -2.13. The van der Waals surface area contributed by atoms with Crippen molar-refractivity contribution in [3.63, 3.8) is 0 Å². The van der Waals surface area contributed by atoms with Gasteiger partial charge in [-0.2, -0.15) is 5.10 Å². The Morgan fingerprint density at radius 1 is 1.30 bits per heavy atom. The first-order valence-corrected chi connectivity index (χ1v) is 9.01. The summed E-state index contributed by atoms with van der Waals surface area (Å²) in [4.78, 5) is 12.2. The smallest absolute Gasteiger partial charge is 0.320 e. The molecule has 0 unspecified atom stereocenters. The van der Waals surface area contributed by atoms with E-state index in [4.69, 9.17) is 14.2 Å². The van der Waals surface area contributed by atoms with Crippen molar-refractivity contribution in [2.45, 2.75) is 32.4 Å². The molecule has 1 aliphatic rings. The number of nitrogens with one attached hydrogen (secondary N) is 2. The molecule has 1 aromatic heterocycles. The van der Waals surface area contributed by atoms with E-state index in [0.29, 0.717) is 30.4 Å². The molecule has 27 heavy (non-hydrogen) atoms. The van der Waals surface area contributed by atoms with Crippen LogP contribution in [0.1, 0.15) is 24.1 Å². The number of aryl methyl sites for hydroxylation is 1. The third-order valence-electron chi connectivity index (χ3n) is 4.44. The standard InChI is InChI=1S/C19H26N4O4/c1-13-9-18(21-19(24)20-11-15-5-4-8-27-15)23(22-13)12-14-6-7-16(25-2)17(10-14)26-3/h6-7,9-10,15H,4-5,8,11-12H2,1-3H3,(H2,20,21,24)/t15-/m0/s1. The molecule has 8 heteroatoms. The summed E-state index contributed by atoms with van der Waals surface area (Å²) in [5.74, 6) is 1.96. The summed E-state index contributed by atoms with van der Waals surface area (Å²) < 4.78 is 17.9. The summed E-state index contributed by atoms with van der Waals surface area (Å²) >= 11 is 0. The molecule has 0 aliphatic carbocycles. The van der Waals surface area contributed by atoms with Gasteiger partial charge in [-0.15, -0.1) is 0 Å². The van der Waals surface area contributed by atoms with E-state index in [1.807, 2.05) is 31.2 Å². The molecule has 2 amide bonds. The van der Waals surface area contributed by atoms with Crippen LogP contribution in [0, 0.1) is 6.92 Å². The number of methoxy groups -OCH3 is 2. The second-order valence-corrected chi connectivity index (χ2v) is 6.49. The number of nitrogens with zero attached hydrogens (tertiary/aromatic N) is 2. The van der Waals surface area contributed by atoms with Gasteiger partial charge in [-0.1, -0.05) is 6.07 Å². The summed E-state index contributed by atoms with van der Waals surface area (Å²) in [5, 5.41) is 10.2. The molecule has 2 heterocycles. The maximum absolute atomic E-state index is 12.2. The van der Waals surface area contributed by atoms with Gasteiger partial charge in [-0.25, -0.2) is 9.48 Å². The second kappa shape index (κ2) is 8.77. The Kier molecular flexibility index (Phi) is 6.18. The lowest BCUT2D eigenvalue weighted by molar-refractivity contribution is 0.112. The van der Waals surface area contributed by atoms with E-state index < -0.39 is 0 Å². The predicted octanol–water partition coefficient (Wildman–Crippen LogP) is 2.56. The summed E-state index contributed by atoms with van der Waals surface area (Å²) in [7, 11) is 3.21. The molecule has 1 aromatic carbocycles. The average molecular weight is 374 g/mol. The highest BCUT2D eigenvalue weighted by Gasteiger charge is 2.17. The van der Waals surface area contributed by atoms with E-state index in [-0.39, 0.29) is 12.1 Å². The Labute approximate surface area is 158 Å². The van der Waals surface area contributed by atoms with E-state index in [1.54, 1.807) is 18.9 Å². The maximum atomic E-state index is 12.2. The number of carbonyl (C=O) groups excluding carboxylic acids is 1. The molecule has 2 aromatic rings. The van der Waals surface area contributed by atoms with E-state index >= 15 is 0 Å². The molecule has 3 rings (SSSR count). The van der Waals surface area contributed by atoms with Crippen LogP contribution in [0.5, 0.6) is 11.5 Å². The number of hydrogen-bond acceptors (Lipinski definition) is 5. The molecule has 0 spiro atoms. The van der Waals surface area contributed by atoms with Gasteiger partial charge in [0.15, 0.2) is 11.5 Å². The van der Waals surface area contributed by atoms with Gasteiger partial charge < -0.3 is 19.5 Å². The minimum Gasteiger partial charge on any atom is -0.493 e. The Morgan fingerprint density at radius 3 is 2.81 bits per heavy atom. The zero-order valence-electron chi connectivity index (χ0n) is 15.9. The topological polar surface area (TPSA) is 86.6 Å². The third-order valence-corrected chi connectivity index (χ3v) is 4.44. The zero-order valence-corrected chi connectivity index (χ0v) is 15.9. The lowest BCUT2D eigenvalue weighted by atomic mass is 10.2. The fraction of sp³-hybridized carbons (Fsp3) is 0.474. The quantitative estimate of drug-likeness (QED) is 0.778. The molecule has 8 nitrogen and oxygen atoms in total. The number of urea groups is 1. The first kappa shape index (κ1) is 19.0. The van der Waals surface area contributed by atoms with E-state index in [2.05, 4.69) is 15.7 Å². The monoisotopic (exact) mass is 374 g/mol. The number of amides is 2. The molecule has 1 atom stereocenters. The number of hydrogen-bond donors (Lipinski definition) is 2. The fourth-order valence-electron chi connectivity index (χ4n) is 3.09. The summed E-state index contributed by atoms with van der Waals surface area (Å²) in [5.41, 5.74) is 1.81. The Balaban J connectivity index is 1.65. The minimum atomic E-state index is -0.265. The highest BCUT2D eigenvalue weighted by Crippen LogP contribution is 2.28. The van der Waals surface area contributed by atoms with Gasteiger partial charge in [0.05, 0.1) is 32.6 Å². The van der Waals surface area contributed by atoms with Gasteiger partial charge in [0.25, 0.3) is 0 Å². The van der Waals surface area contributed by atoms with Crippen LogP contribution in [0.3, 0.4) is 0 Å². The molecule has 2 N–H and O–H groups in total. The summed E-state index contributed by atoms with van der Waals surface area (Å²) in [6.07, 6.45) is 2.14. The first-order chi connectivity index (χ1) is 13.1. The number of ether oxygens (including phenoxy) is 3. The van der Waals surface area contributed by atoms with Crippen LogP contribution in [0.4, 0.5) is 10.6 Å². The van der Waals surface area contributed by atoms with Crippen LogP contribution in [0.2, 0.25) is 0 Å². The first-order valence-electron chi connectivity index (χ1n) is 9.01. The number of aromatic nitrogens is 2. The van der Waals surface area contributed by atoms with Crippen molar-refractivity contribution in [1.29, 1.82) is 0 Å².